The van der Waals surface area contributed by atoms with E-state index in [0.717, 1.165) is 47.1 Å². The molecule has 1 aliphatic heterocycles. The molecule has 1 fully saturated rings. The Morgan fingerprint density at radius 3 is 3.05 bits per heavy atom. The second-order valence-electron chi connectivity index (χ2n) is 5.14. The summed E-state index contributed by atoms with van der Waals surface area (Å²) in [4.78, 5) is 7.02. The second kappa shape index (κ2) is 5.47. The van der Waals surface area contributed by atoms with E-state index in [0.29, 0.717) is 5.92 Å². The maximum Gasteiger partial charge on any atom is 0.129 e. The average molecular weight is 321 g/mol. The van der Waals surface area contributed by atoms with Crippen molar-refractivity contribution in [1.82, 2.24) is 4.98 Å². The van der Waals surface area contributed by atoms with Gasteiger partial charge in [0.25, 0.3) is 0 Å². The molecule has 0 spiro atoms. The Labute approximate surface area is 121 Å². The van der Waals surface area contributed by atoms with Gasteiger partial charge in [-0.2, -0.15) is 0 Å². The van der Waals surface area contributed by atoms with Crippen LogP contribution in [0.5, 0.6) is 0 Å². The third kappa shape index (κ3) is 2.74. The van der Waals surface area contributed by atoms with Gasteiger partial charge >= 0.3 is 0 Å². The predicted molar refractivity (Wildman–Crippen MR) is 81.5 cm³/mol. The van der Waals surface area contributed by atoms with Crippen molar-refractivity contribution < 1.29 is 5.11 Å². The molecule has 1 aromatic carbocycles. The zero-order valence-corrected chi connectivity index (χ0v) is 12.3. The number of nitrogens with zero attached hydrogens (tertiary/aromatic N) is 2. The van der Waals surface area contributed by atoms with Crippen molar-refractivity contribution in [2.24, 2.45) is 5.92 Å². The van der Waals surface area contributed by atoms with Crippen molar-refractivity contribution in [2.45, 2.75) is 12.8 Å². The lowest BCUT2D eigenvalue weighted by atomic mass is 9.99. The van der Waals surface area contributed by atoms with Crippen molar-refractivity contribution in [3.05, 3.63) is 34.8 Å². The Balaban J connectivity index is 1.90. The molecule has 19 heavy (non-hydrogen) atoms. The Kier molecular flexibility index (Phi) is 3.71. The molecule has 0 amide bonds. The van der Waals surface area contributed by atoms with Gasteiger partial charge in [0.1, 0.15) is 5.82 Å². The number of piperidine rings is 1. The lowest BCUT2D eigenvalue weighted by Gasteiger charge is -2.32. The molecule has 3 nitrogen and oxygen atoms in total. The number of hydrogen-bond acceptors (Lipinski definition) is 3. The Bertz CT molecular complexity index is 587. The lowest BCUT2D eigenvalue weighted by molar-refractivity contribution is 0.208. The summed E-state index contributed by atoms with van der Waals surface area (Å²) in [6, 6.07) is 10.3. The molecule has 1 aliphatic rings. The molecule has 0 aliphatic carbocycles. The predicted octanol–water partition coefficient (Wildman–Crippen LogP) is 3.21. The van der Waals surface area contributed by atoms with Gasteiger partial charge in [0.2, 0.25) is 0 Å². The SMILES string of the molecule is OC[C@@H]1CCCN(c2ccc3cc(Br)ccc3n2)C1. The summed E-state index contributed by atoms with van der Waals surface area (Å²) in [7, 11) is 0. The highest BCUT2D eigenvalue weighted by molar-refractivity contribution is 9.10. The van der Waals surface area contributed by atoms with Crippen LogP contribution in [0.15, 0.2) is 34.8 Å². The summed E-state index contributed by atoms with van der Waals surface area (Å²) in [5, 5.41) is 10.5. The zero-order valence-electron chi connectivity index (χ0n) is 10.7. The molecule has 1 atom stereocenters. The third-order valence-electron chi connectivity index (χ3n) is 3.74. The summed E-state index contributed by atoms with van der Waals surface area (Å²) >= 11 is 3.48. The molecule has 0 unspecified atom stereocenters. The van der Waals surface area contributed by atoms with E-state index < -0.39 is 0 Å². The van der Waals surface area contributed by atoms with Crippen LogP contribution in [-0.2, 0) is 0 Å². The van der Waals surface area contributed by atoms with Gasteiger partial charge in [-0.1, -0.05) is 15.9 Å². The number of aliphatic hydroxyl groups is 1. The monoisotopic (exact) mass is 320 g/mol. The number of hydrogen-bond donors (Lipinski definition) is 1. The quantitative estimate of drug-likeness (QED) is 0.923. The van der Waals surface area contributed by atoms with Crippen molar-refractivity contribution in [1.29, 1.82) is 0 Å². The molecule has 0 saturated carbocycles. The maximum absolute atomic E-state index is 9.31. The van der Waals surface area contributed by atoms with E-state index >= 15 is 0 Å². The number of fused-ring (bicyclic) bond motifs is 1. The van der Waals surface area contributed by atoms with E-state index in [1.54, 1.807) is 0 Å². The second-order valence-corrected chi connectivity index (χ2v) is 6.06. The summed E-state index contributed by atoms with van der Waals surface area (Å²) in [5.74, 6) is 1.41. The van der Waals surface area contributed by atoms with Gasteiger partial charge in [-0.15, -0.1) is 0 Å². The van der Waals surface area contributed by atoms with Crippen LogP contribution in [0.3, 0.4) is 0 Å². The molecular weight excluding hydrogens is 304 g/mol. The van der Waals surface area contributed by atoms with E-state index in [-0.39, 0.29) is 6.61 Å². The van der Waals surface area contributed by atoms with Crippen LogP contribution in [0, 0.1) is 5.92 Å². The van der Waals surface area contributed by atoms with E-state index in [2.05, 4.69) is 39.0 Å². The van der Waals surface area contributed by atoms with Crippen LogP contribution in [0.1, 0.15) is 12.8 Å². The fourth-order valence-electron chi connectivity index (χ4n) is 2.68. The third-order valence-corrected chi connectivity index (χ3v) is 4.23. The number of rotatable bonds is 2. The highest BCUT2D eigenvalue weighted by Crippen LogP contribution is 2.25. The normalized spacial score (nSPS) is 19.9. The van der Waals surface area contributed by atoms with E-state index in [9.17, 15) is 5.11 Å². The van der Waals surface area contributed by atoms with Gasteiger partial charge in [-0.3, -0.25) is 0 Å². The smallest absolute Gasteiger partial charge is 0.129 e. The summed E-state index contributed by atoms with van der Waals surface area (Å²) < 4.78 is 1.08. The molecule has 100 valence electrons. The van der Waals surface area contributed by atoms with Crippen LogP contribution in [-0.4, -0.2) is 29.8 Å². The number of aliphatic hydroxyl groups excluding tert-OH is 1. The first-order chi connectivity index (χ1) is 9.26. The fraction of sp³-hybridized carbons (Fsp3) is 0.400. The van der Waals surface area contributed by atoms with Gasteiger partial charge in [0, 0.05) is 29.6 Å². The molecule has 1 N–H and O–H groups in total. The lowest BCUT2D eigenvalue weighted by Crippen LogP contribution is -2.37. The number of pyridine rings is 1. The maximum atomic E-state index is 9.31. The first-order valence-corrected chi connectivity index (χ1v) is 7.47. The molecule has 4 heteroatoms. The zero-order chi connectivity index (χ0) is 13.2. The topological polar surface area (TPSA) is 36.4 Å². The van der Waals surface area contributed by atoms with Crippen LogP contribution >= 0.6 is 15.9 Å². The molecular formula is C15H17BrN2O. The Hall–Kier alpha value is -1.13. The number of aromatic nitrogens is 1. The van der Waals surface area contributed by atoms with Crippen molar-refractivity contribution in [3.8, 4) is 0 Å². The number of anilines is 1. The first-order valence-electron chi connectivity index (χ1n) is 6.68. The Morgan fingerprint density at radius 1 is 1.32 bits per heavy atom. The summed E-state index contributed by atoms with van der Waals surface area (Å²) in [6.07, 6.45) is 2.25. The summed E-state index contributed by atoms with van der Waals surface area (Å²) in [6.45, 7) is 2.22. The molecule has 3 rings (SSSR count). The van der Waals surface area contributed by atoms with Crippen molar-refractivity contribution in [3.63, 3.8) is 0 Å². The standard InChI is InChI=1S/C15H17BrN2O/c16-13-4-5-14-12(8-13)3-6-15(17-14)18-7-1-2-11(9-18)10-19/h3-6,8,11,19H,1-2,7,9-10H2/t11-/m1/s1. The van der Waals surface area contributed by atoms with E-state index in [1.807, 2.05) is 12.1 Å². The van der Waals surface area contributed by atoms with Crippen LogP contribution in [0.4, 0.5) is 5.82 Å². The number of halogens is 1. The molecule has 0 radical (unpaired) electrons. The minimum atomic E-state index is 0.275. The van der Waals surface area contributed by atoms with Crippen LogP contribution < -0.4 is 4.90 Å². The molecule has 2 aromatic rings. The van der Waals surface area contributed by atoms with Gasteiger partial charge in [0.15, 0.2) is 0 Å². The minimum absolute atomic E-state index is 0.275. The van der Waals surface area contributed by atoms with Crippen molar-refractivity contribution in [2.75, 3.05) is 24.6 Å². The highest BCUT2D eigenvalue weighted by atomic mass is 79.9. The van der Waals surface area contributed by atoms with Gasteiger partial charge in [0.05, 0.1) is 5.52 Å². The molecule has 2 heterocycles. The number of benzene rings is 1. The van der Waals surface area contributed by atoms with Gasteiger partial charge < -0.3 is 10.0 Å². The van der Waals surface area contributed by atoms with Gasteiger partial charge in [-0.05, 0) is 49.1 Å². The van der Waals surface area contributed by atoms with E-state index in [1.165, 1.54) is 0 Å². The fourth-order valence-corrected chi connectivity index (χ4v) is 3.06. The van der Waals surface area contributed by atoms with Crippen molar-refractivity contribution >= 4 is 32.7 Å². The largest absolute Gasteiger partial charge is 0.396 e. The molecule has 1 aromatic heterocycles. The molecule has 0 bridgehead atoms. The van der Waals surface area contributed by atoms with Crippen LogP contribution in [0.25, 0.3) is 10.9 Å². The first kappa shape index (κ1) is 12.9. The van der Waals surface area contributed by atoms with Crippen LogP contribution in [0.2, 0.25) is 0 Å². The average Bonchev–Trinajstić information content (AvgIpc) is 2.46. The summed E-state index contributed by atoms with van der Waals surface area (Å²) in [5.41, 5.74) is 1.02. The Morgan fingerprint density at radius 2 is 2.21 bits per heavy atom. The van der Waals surface area contributed by atoms with Gasteiger partial charge in [-0.25, -0.2) is 4.98 Å². The van der Waals surface area contributed by atoms with E-state index in [4.69, 9.17) is 4.98 Å². The highest BCUT2D eigenvalue weighted by Gasteiger charge is 2.20. The minimum Gasteiger partial charge on any atom is -0.396 e. The molecule has 1 saturated heterocycles.